The summed E-state index contributed by atoms with van der Waals surface area (Å²) in [6, 6.07) is 7.99. The monoisotopic (exact) mass is 220 g/mol. The highest BCUT2D eigenvalue weighted by atomic mass is 16.5. The van der Waals surface area contributed by atoms with Gasteiger partial charge in [0.25, 0.3) is 0 Å². The van der Waals surface area contributed by atoms with Crippen LogP contribution in [-0.2, 0) is 11.2 Å². The number of nitrogens with zero attached hydrogens (tertiary/aromatic N) is 1. The van der Waals surface area contributed by atoms with Gasteiger partial charge in [-0.3, -0.25) is 4.99 Å². The fourth-order valence-corrected chi connectivity index (χ4v) is 1.75. The fourth-order valence-electron chi connectivity index (χ4n) is 1.75. The molecule has 0 spiro atoms. The van der Waals surface area contributed by atoms with E-state index in [1.54, 1.807) is 7.11 Å². The molecule has 1 aromatic carbocycles. The second kappa shape index (κ2) is 4.99. The molecule has 2 N–H and O–H groups in total. The summed E-state index contributed by atoms with van der Waals surface area (Å²) in [5.41, 5.74) is 6.65. The van der Waals surface area contributed by atoms with E-state index in [9.17, 15) is 0 Å². The van der Waals surface area contributed by atoms with E-state index >= 15 is 0 Å². The van der Waals surface area contributed by atoms with E-state index in [4.69, 9.17) is 15.2 Å². The van der Waals surface area contributed by atoms with Gasteiger partial charge in [0.05, 0.1) is 20.2 Å². The number of methoxy groups -OCH3 is 1. The molecule has 0 saturated carbocycles. The molecule has 16 heavy (non-hydrogen) atoms. The summed E-state index contributed by atoms with van der Waals surface area (Å²) in [4.78, 5) is 4.21. The second-order valence-corrected chi connectivity index (χ2v) is 3.73. The molecular weight excluding hydrogens is 204 g/mol. The second-order valence-electron chi connectivity index (χ2n) is 3.73. The minimum atomic E-state index is 0.116. The fraction of sp³-hybridized carbons (Fsp3) is 0.417. The van der Waals surface area contributed by atoms with Crippen LogP contribution in [-0.4, -0.2) is 32.2 Å². The smallest absolute Gasteiger partial charge is 0.197 e. The predicted octanol–water partition coefficient (Wildman–Crippen LogP) is 0.994. The maximum atomic E-state index is 5.57. The van der Waals surface area contributed by atoms with Crippen LogP contribution in [0, 0.1) is 0 Å². The lowest BCUT2D eigenvalue weighted by atomic mass is 10.1. The van der Waals surface area contributed by atoms with Crippen LogP contribution in [0.4, 0.5) is 0 Å². The zero-order valence-electron chi connectivity index (χ0n) is 9.35. The Bertz CT molecular complexity index is 390. The topological polar surface area (TPSA) is 56.8 Å². The van der Waals surface area contributed by atoms with Crippen LogP contribution < -0.4 is 10.5 Å². The Morgan fingerprint density at radius 3 is 3.12 bits per heavy atom. The summed E-state index contributed by atoms with van der Waals surface area (Å²) in [5.74, 6) is 1.53. The Kier molecular flexibility index (Phi) is 3.41. The number of ether oxygens (including phenoxy) is 2. The lowest BCUT2D eigenvalue weighted by Crippen LogP contribution is -2.20. The van der Waals surface area contributed by atoms with Crippen molar-refractivity contribution in [3.63, 3.8) is 0 Å². The van der Waals surface area contributed by atoms with E-state index in [1.165, 1.54) is 5.56 Å². The molecule has 2 rings (SSSR count). The molecule has 0 fully saturated rings. The molecule has 1 aliphatic heterocycles. The zero-order valence-corrected chi connectivity index (χ0v) is 9.35. The lowest BCUT2D eigenvalue weighted by Gasteiger charge is -2.11. The van der Waals surface area contributed by atoms with Crippen LogP contribution in [0.1, 0.15) is 5.56 Å². The summed E-state index contributed by atoms with van der Waals surface area (Å²) >= 11 is 0. The average Bonchev–Trinajstić information content (AvgIpc) is 2.77. The highest BCUT2D eigenvalue weighted by Gasteiger charge is 2.18. The third-order valence-electron chi connectivity index (χ3n) is 2.55. The van der Waals surface area contributed by atoms with Gasteiger partial charge in [0.1, 0.15) is 11.9 Å². The number of benzene rings is 1. The van der Waals surface area contributed by atoms with E-state index in [-0.39, 0.29) is 6.10 Å². The molecule has 4 heteroatoms. The summed E-state index contributed by atoms with van der Waals surface area (Å²) in [6.45, 7) is 1.08. The van der Waals surface area contributed by atoms with Crippen molar-refractivity contribution in [2.75, 3.05) is 20.2 Å². The van der Waals surface area contributed by atoms with Gasteiger partial charge >= 0.3 is 0 Å². The summed E-state index contributed by atoms with van der Waals surface area (Å²) in [5, 5.41) is 0. The van der Waals surface area contributed by atoms with E-state index in [2.05, 4.69) is 11.1 Å². The number of hydrogen-bond donors (Lipinski definition) is 1. The quantitative estimate of drug-likeness (QED) is 0.823. The standard InChI is InChI=1S/C12H16N2O2/c1-15-10-4-2-3-9(5-10)6-11-8-14-12(7-13)16-11/h2-5,11H,6-8,13H2,1H3. The van der Waals surface area contributed by atoms with Gasteiger partial charge in [0.15, 0.2) is 5.90 Å². The lowest BCUT2D eigenvalue weighted by molar-refractivity contribution is 0.221. The molecule has 1 heterocycles. The van der Waals surface area contributed by atoms with E-state index < -0.39 is 0 Å². The average molecular weight is 220 g/mol. The van der Waals surface area contributed by atoms with Crippen LogP contribution >= 0.6 is 0 Å². The minimum absolute atomic E-state index is 0.116. The van der Waals surface area contributed by atoms with Crippen LogP contribution in [0.3, 0.4) is 0 Å². The highest BCUT2D eigenvalue weighted by Crippen LogP contribution is 2.16. The Labute approximate surface area is 95.1 Å². The first-order valence-electron chi connectivity index (χ1n) is 5.35. The summed E-state index contributed by atoms with van der Waals surface area (Å²) in [6.07, 6.45) is 0.954. The van der Waals surface area contributed by atoms with Crippen molar-refractivity contribution in [3.05, 3.63) is 29.8 Å². The van der Waals surface area contributed by atoms with Crippen molar-refractivity contribution in [1.29, 1.82) is 0 Å². The Balaban J connectivity index is 1.95. The number of aliphatic imine (C=N–C) groups is 1. The molecule has 4 nitrogen and oxygen atoms in total. The van der Waals surface area contributed by atoms with Gasteiger partial charge in [-0.1, -0.05) is 12.1 Å². The zero-order chi connectivity index (χ0) is 11.4. The first-order chi connectivity index (χ1) is 7.81. The predicted molar refractivity (Wildman–Crippen MR) is 62.9 cm³/mol. The van der Waals surface area contributed by atoms with E-state index in [0.29, 0.717) is 19.0 Å². The highest BCUT2D eigenvalue weighted by molar-refractivity contribution is 5.79. The van der Waals surface area contributed by atoms with E-state index in [0.717, 1.165) is 12.2 Å². The van der Waals surface area contributed by atoms with Crippen molar-refractivity contribution in [3.8, 4) is 5.75 Å². The molecule has 0 radical (unpaired) electrons. The third kappa shape index (κ3) is 2.52. The van der Waals surface area contributed by atoms with Crippen LogP contribution in [0.25, 0.3) is 0 Å². The van der Waals surface area contributed by atoms with Gasteiger partial charge < -0.3 is 15.2 Å². The molecule has 1 aliphatic rings. The van der Waals surface area contributed by atoms with Crippen molar-refractivity contribution in [1.82, 2.24) is 0 Å². The maximum absolute atomic E-state index is 5.57. The first kappa shape index (κ1) is 11.0. The van der Waals surface area contributed by atoms with Gasteiger partial charge in [-0.2, -0.15) is 0 Å². The summed E-state index contributed by atoms with van der Waals surface area (Å²) in [7, 11) is 1.67. The first-order valence-corrected chi connectivity index (χ1v) is 5.35. The molecular formula is C12H16N2O2. The van der Waals surface area contributed by atoms with Crippen molar-refractivity contribution < 1.29 is 9.47 Å². The molecule has 1 unspecified atom stereocenters. The van der Waals surface area contributed by atoms with Gasteiger partial charge in [-0.05, 0) is 17.7 Å². The molecule has 0 bridgehead atoms. The van der Waals surface area contributed by atoms with Gasteiger partial charge in [0.2, 0.25) is 0 Å². The molecule has 1 aromatic rings. The Morgan fingerprint density at radius 2 is 2.44 bits per heavy atom. The van der Waals surface area contributed by atoms with E-state index in [1.807, 2.05) is 18.2 Å². The number of rotatable bonds is 4. The van der Waals surface area contributed by atoms with Crippen molar-refractivity contribution >= 4 is 5.90 Å². The Morgan fingerprint density at radius 1 is 1.56 bits per heavy atom. The molecule has 86 valence electrons. The molecule has 0 aliphatic carbocycles. The molecule has 0 aromatic heterocycles. The number of hydrogen-bond acceptors (Lipinski definition) is 4. The van der Waals surface area contributed by atoms with Crippen molar-refractivity contribution in [2.45, 2.75) is 12.5 Å². The minimum Gasteiger partial charge on any atom is -0.497 e. The van der Waals surface area contributed by atoms with Gasteiger partial charge in [0, 0.05) is 6.42 Å². The summed E-state index contributed by atoms with van der Waals surface area (Å²) < 4.78 is 10.7. The largest absolute Gasteiger partial charge is 0.497 e. The Hall–Kier alpha value is -1.55. The third-order valence-corrected chi connectivity index (χ3v) is 2.55. The molecule has 1 atom stereocenters. The number of nitrogens with two attached hydrogens (primary N) is 1. The van der Waals surface area contributed by atoms with Crippen LogP contribution in [0.2, 0.25) is 0 Å². The van der Waals surface area contributed by atoms with Crippen LogP contribution in [0.5, 0.6) is 5.75 Å². The van der Waals surface area contributed by atoms with Gasteiger partial charge in [-0.25, -0.2) is 0 Å². The SMILES string of the molecule is COc1cccc(CC2CN=C(CN)O2)c1. The maximum Gasteiger partial charge on any atom is 0.197 e. The van der Waals surface area contributed by atoms with Gasteiger partial charge in [-0.15, -0.1) is 0 Å². The molecule has 0 saturated heterocycles. The van der Waals surface area contributed by atoms with Crippen molar-refractivity contribution in [2.24, 2.45) is 10.7 Å². The molecule has 0 amide bonds. The van der Waals surface area contributed by atoms with Crippen LogP contribution in [0.15, 0.2) is 29.3 Å². The normalized spacial score (nSPS) is 19.1.